The molecule has 0 spiro atoms. The Labute approximate surface area is 167 Å². The summed E-state index contributed by atoms with van der Waals surface area (Å²) < 4.78 is 5.61. The molecule has 1 N–H and O–H groups in total. The van der Waals surface area contributed by atoms with Crippen molar-refractivity contribution in [3.8, 4) is 5.75 Å². The molecule has 2 aromatic carbocycles. The molecule has 150 valence electrons. The third kappa shape index (κ3) is 6.72. The van der Waals surface area contributed by atoms with Crippen LogP contribution in [-0.2, 0) is 16.1 Å². The maximum atomic E-state index is 12.9. The van der Waals surface area contributed by atoms with Crippen LogP contribution in [0.5, 0.6) is 5.75 Å². The van der Waals surface area contributed by atoms with Gasteiger partial charge >= 0.3 is 0 Å². The molecule has 28 heavy (non-hydrogen) atoms. The first kappa shape index (κ1) is 21.5. The lowest BCUT2D eigenvalue weighted by Gasteiger charge is -2.31. The summed E-state index contributed by atoms with van der Waals surface area (Å²) in [5.41, 5.74) is 1.74. The number of carbonyl (C=O) groups excluding carboxylic acids is 2. The zero-order chi connectivity index (χ0) is 20.7. The van der Waals surface area contributed by atoms with Gasteiger partial charge in [0.05, 0.1) is 0 Å². The van der Waals surface area contributed by atoms with Crippen LogP contribution in [0.25, 0.3) is 0 Å². The van der Waals surface area contributed by atoms with E-state index in [-0.39, 0.29) is 24.0 Å². The number of amides is 2. The monoisotopic (exact) mass is 382 g/mol. The molecule has 0 aromatic heterocycles. The Balaban J connectivity index is 2.15. The minimum atomic E-state index is -0.618. The normalized spacial score (nSPS) is 12.2. The van der Waals surface area contributed by atoms with Crippen LogP contribution in [0, 0.1) is 6.92 Å². The van der Waals surface area contributed by atoms with Crippen molar-refractivity contribution in [2.75, 3.05) is 6.61 Å². The molecule has 0 saturated heterocycles. The number of para-hydroxylation sites is 1. The maximum absolute atomic E-state index is 12.9. The van der Waals surface area contributed by atoms with Crippen LogP contribution in [0.3, 0.4) is 0 Å². The first-order chi connectivity index (χ1) is 13.2. The fourth-order valence-corrected chi connectivity index (χ4v) is 2.69. The molecule has 0 aliphatic rings. The lowest BCUT2D eigenvalue weighted by molar-refractivity contribution is -0.142. The van der Waals surface area contributed by atoms with Gasteiger partial charge in [0.25, 0.3) is 5.91 Å². The highest BCUT2D eigenvalue weighted by Crippen LogP contribution is 2.14. The quantitative estimate of drug-likeness (QED) is 0.794. The molecule has 0 aliphatic heterocycles. The Morgan fingerprint density at radius 2 is 1.64 bits per heavy atom. The Hall–Kier alpha value is -2.82. The summed E-state index contributed by atoms with van der Waals surface area (Å²) in [6, 6.07) is 16.5. The molecule has 2 amide bonds. The van der Waals surface area contributed by atoms with Crippen molar-refractivity contribution in [2.24, 2.45) is 0 Å². The standard InChI is InChI=1S/C23H30N2O3/c1-17-11-13-19(14-12-17)15-25(18(2)22(27)24-23(3,4)5)21(26)16-28-20-9-7-6-8-10-20/h6-14,18H,15-16H2,1-5H3,(H,24,27)/t18-/m1/s1. The van der Waals surface area contributed by atoms with Gasteiger partial charge in [0, 0.05) is 12.1 Å². The van der Waals surface area contributed by atoms with E-state index in [0.717, 1.165) is 11.1 Å². The summed E-state index contributed by atoms with van der Waals surface area (Å²) >= 11 is 0. The van der Waals surface area contributed by atoms with Gasteiger partial charge in [-0.3, -0.25) is 9.59 Å². The van der Waals surface area contributed by atoms with Crippen molar-refractivity contribution in [3.05, 3.63) is 65.7 Å². The number of aryl methyl sites for hydroxylation is 1. The molecular weight excluding hydrogens is 352 g/mol. The lowest BCUT2D eigenvalue weighted by Crippen LogP contribution is -2.53. The van der Waals surface area contributed by atoms with Gasteiger partial charge in [-0.05, 0) is 52.3 Å². The maximum Gasteiger partial charge on any atom is 0.261 e. The highest BCUT2D eigenvalue weighted by Gasteiger charge is 2.28. The van der Waals surface area contributed by atoms with E-state index >= 15 is 0 Å². The fourth-order valence-electron chi connectivity index (χ4n) is 2.69. The summed E-state index contributed by atoms with van der Waals surface area (Å²) in [6.45, 7) is 9.74. The van der Waals surface area contributed by atoms with Gasteiger partial charge in [-0.2, -0.15) is 0 Å². The van der Waals surface area contributed by atoms with Crippen molar-refractivity contribution >= 4 is 11.8 Å². The Bertz CT molecular complexity index is 780. The van der Waals surface area contributed by atoms with Crippen LogP contribution >= 0.6 is 0 Å². The number of benzene rings is 2. The van der Waals surface area contributed by atoms with Gasteiger partial charge in [0.2, 0.25) is 5.91 Å². The van der Waals surface area contributed by atoms with Gasteiger partial charge in [0.1, 0.15) is 11.8 Å². The number of ether oxygens (including phenoxy) is 1. The molecule has 5 nitrogen and oxygen atoms in total. The molecule has 2 rings (SSSR count). The topological polar surface area (TPSA) is 58.6 Å². The molecule has 5 heteroatoms. The van der Waals surface area contributed by atoms with E-state index in [1.807, 2.05) is 70.2 Å². The van der Waals surface area contributed by atoms with Crippen molar-refractivity contribution in [1.29, 1.82) is 0 Å². The molecule has 1 atom stereocenters. The number of hydrogen-bond acceptors (Lipinski definition) is 3. The average Bonchev–Trinajstić information content (AvgIpc) is 2.64. The van der Waals surface area contributed by atoms with E-state index in [1.54, 1.807) is 24.0 Å². The summed E-state index contributed by atoms with van der Waals surface area (Å²) in [6.07, 6.45) is 0. The van der Waals surface area contributed by atoms with Gasteiger partial charge in [-0.25, -0.2) is 0 Å². The lowest BCUT2D eigenvalue weighted by atomic mass is 10.1. The van der Waals surface area contributed by atoms with Gasteiger partial charge in [-0.1, -0.05) is 48.0 Å². The highest BCUT2D eigenvalue weighted by atomic mass is 16.5. The molecule has 0 fully saturated rings. The predicted molar refractivity (Wildman–Crippen MR) is 111 cm³/mol. The number of nitrogens with one attached hydrogen (secondary N) is 1. The van der Waals surface area contributed by atoms with E-state index in [0.29, 0.717) is 12.3 Å². The highest BCUT2D eigenvalue weighted by molar-refractivity contribution is 5.88. The van der Waals surface area contributed by atoms with Crippen LogP contribution in [0.1, 0.15) is 38.8 Å². The SMILES string of the molecule is Cc1ccc(CN(C(=O)COc2ccccc2)[C@H](C)C(=O)NC(C)(C)C)cc1. The predicted octanol–water partition coefficient (Wildman–Crippen LogP) is 3.71. The Morgan fingerprint density at radius 3 is 2.21 bits per heavy atom. The average molecular weight is 383 g/mol. The van der Waals surface area contributed by atoms with Crippen LogP contribution in [-0.4, -0.2) is 34.9 Å². The zero-order valence-corrected chi connectivity index (χ0v) is 17.4. The molecule has 0 bridgehead atoms. The van der Waals surface area contributed by atoms with E-state index < -0.39 is 6.04 Å². The minimum absolute atomic E-state index is 0.122. The van der Waals surface area contributed by atoms with Crippen molar-refractivity contribution in [1.82, 2.24) is 10.2 Å². The van der Waals surface area contributed by atoms with Crippen molar-refractivity contribution in [3.63, 3.8) is 0 Å². The number of carbonyl (C=O) groups is 2. The largest absolute Gasteiger partial charge is 0.484 e. The second-order valence-electron chi connectivity index (χ2n) is 8.02. The molecular formula is C23H30N2O3. The second-order valence-corrected chi connectivity index (χ2v) is 8.02. The third-order valence-corrected chi connectivity index (χ3v) is 4.24. The van der Waals surface area contributed by atoms with Gasteiger partial charge in [0.15, 0.2) is 6.61 Å². The molecule has 0 radical (unpaired) electrons. The van der Waals surface area contributed by atoms with E-state index in [4.69, 9.17) is 4.74 Å². The number of hydrogen-bond donors (Lipinski definition) is 1. The molecule has 0 unspecified atom stereocenters. The Morgan fingerprint density at radius 1 is 1.04 bits per heavy atom. The van der Waals surface area contributed by atoms with Crippen molar-refractivity contribution < 1.29 is 14.3 Å². The smallest absolute Gasteiger partial charge is 0.261 e. The summed E-state index contributed by atoms with van der Waals surface area (Å²) in [5.74, 6) is 0.201. The summed E-state index contributed by atoms with van der Waals surface area (Å²) in [7, 11) is 0. The molecule has 2 aromatic rings. The Kier molecular flexibility index (Phi) is 7.21. The van der Waals surface area contributed by atoms with Crippen molar-refractivity contribution in [2.45, 2.75) is 52.7 Å². The summed E-state index contributed by atoms with van der Waals surface area (Å²) in [4.78, 5) is 27.2. The number of rotatable bonds is 7. The van der Waals surface area contributed by atoms with Crippen LogP contribution in [0.15, 0.2) is 54.6 Å². The molecule has 0 aliphatic carbocycles. The van der Waals surface area contributed by atoms with E-state index in [2.05, 4.69) is 5.32 Å². The van der Waals surface area contributed by atoms with Crippen LogP contribution < -0.4 is 10.1 Å². The second kappa shape index (κ2) is 9.40. The molecule has 0 heterocycles. The third-order valence-electron chi connectivity index (χ3n) is 4.24. The first-order valence-electron chi connectivity index (χ1n) is 9.50. The van der Waals surface area contributed by atoms with E-state index in [9.17, 15) is 9.59 Å². The minimum Gasteiger partial charge on any atom is -0.484 e. The zero-order valence-electron chi connectivity index (χ0n) is 17.4. The van der Waals surface area contributed by atoms with Crippen LogP contribution in [0.2, 0.25) is 0 Å². The van der Waals surface area contributed by atoms with Gasteiger partial charge < -0.3 is 15.0 Å². The van der Waals surface area contributed by atoms with Crippen LogP contribution in [0.4, 0.5) is 0 Å². The van der Waals surface area contributed by atoms with Gasteiger partial charge in [-0.15, -0.1) is 0 Å². The summed E-state index contributed by atoms with van der Waals surface area (Å²) in [5, 5.41) is 2.95. The molecule has 0 saturated carbocycles. The fraction of sp³-hybridized carbons (Fsp3) is 0.391. The first-order valence-corrected chi connectivity index (χ1v) is 9.50. The van der Waals surface area contributed by atoms with E-state index in [1.165, 1.54) is 0 Å². The number of nitrogens with zero attached hydrogens (tertiary/aromatic N) is 1.